The molecule has 2 aromatic heterocycles. The van der Waals surface area contributed by atoms with E-state index in [-0.39, 0.29) is 10.8 Å². The molecule has 3 nitrogen and oxygen atoms in total. The van der Waals surface area contributed by atoms with Gasteiger partial charge in [0.2, 0.25) is 0 Å². The number of fused-ring (bicyclic) bond motifs is 9. The molecular formula is C53H42N2O. The Bertz CT molecular complexity index is 2940. The van der Waals surface area contributed by atoms with E-state index in [0.29, 0.717) is 11.8 Å². The van der Waals surface area contributed by atoms with Gasteiger partial charge >= 0.3 is 0 Å². The number of nitrogens with zero attached hydrogens (tertiary/aromatic N) is 2. The van der Waals surface area contributed by atoms with E-state index in [0.717, 1.165) is 56.6 Å². The summed E-state index contributed by atoms with van der Waals surface area (Å²) >= 11 is 0. The summed E-state index contributed by atoms with van der Waals surface area (Å²) in [6, 6.07) is 49.6. The zero-order valence-corrected chi connectivity index (χ0v) is 31.8. The predicted molar refractivity (Wildman–Crippen MR) is 226 cm³/mol. The number of furan rings is 1. The molecule has 56 heavy (non-hydrogen) atoms. The highest BCUT2D eigenvalue weighted by atomic mass is 16.3. The fraction of sp³-hybridized carbons (Fsp3) is 0.245. The summed E-state index contributed by atoms with van der Waals surface area (Å²) < 4.78 is 6.47. The van der Waals surface area contributed by atoms with E-state index < -0.39 is 0 Å². The molecule has 6 aromatic carbocycles. The number of benzene rings is 6. The molecule has 4 bridgehead atoms. The van der Waals surface area contributed by atoms with Gasteiger partial charge in [0.25, 0.3) is 0 Å². The zero-order valence-electron chi connectivity index (χ0n) is 31.8. The molecule has 0 radical (unpaired) electrons. The fourth-order valence-electron chi connectivity index (χ4n) is 12.9. The third kappa shape index (κ3) is 4.03. The minimum absolute atomic E-state index is 0.0371. The van der Waals surface area contributed by atoms with Crippen molar-refractivity contribution >= 4 is 22.1 Å². The van der Waals surface area contributed by atoms with Gasteiger partial charge in [0.15, 0.2) is 11.4 Å². The van der Waals surface area contributed by atoms with Gasteiger partial charge in [-0.15, -0.1) is 0 Å². The Morgan fingerprint density at radius 3 is 1.91 bits per heavy atom. The Labute approximate surface area is 327 Å². The Kier molecular flexibility index (Phi) is 6.14. The molecule has 0 unspecified atom stereocenters. The standard InChI is InChI=1S/C53H42N2O/c1-52(2)43-14-8-6-12-38(43)39-19-16-34(29-46(39)52)33-17-20-44-41(27-33)42-28-35(18-21-45(42)53(44)36-23-30-22-31(25-36)26-37(53)24-30)51-54-48(32-10-4-3-5-11-32)50-49(55-51)40-13-7-9-15-47(40)56-50/h3-21,27-31,36-37H,22-26H2,1-2H3. The normalized spacial score (nSPS) is 24.5. The molecule has 4 saturated carbocycles. The van der Waals surface area contributed by atoms with Crippen LogP contribution in [-0.2, 0) is 10.8 Å². The van der Waals surface area contributed by atoms with Crippen LogP contribution in [0, 0.1) is 23.7 Å². The lowest BCUT2D eigenvalue weighted by Gasteiger charge is -2.61. The number of hydrogen-bond acceptors (Lipinski definition) is 3. The van der Waals surface area contributed by atoms with Crippen molar-refractivity contribution in [3.05, 3.63) is 156 Å². The van der Waals surface area contributed by atoms with Gasteiger partial charge in [-0.3, -0.25) is 0 Å². The van der Waals surface area contributed by atoms with Crippen molar-refractivity contribution in [3.8, 4) is 56.0 Å². The van der Waals surface area contributed by atoms with Crippen molar-refractivity contribution in [3.63, 3.8) is 0 Å². The van der Waals surface area contributed by atoms with Crippen molar-refractivity contribution in [1.29, 1.82) is 0 Å². The Balaban J connectivity index is 1.01. The highest BCUT2D eigenvalue weighted by molar-refractivity contribution is 6.07. The predicted octanol–water partition coefficient (Wildman–Crippen LogP) is 13.4. The number of para-hydroxylation sites is 1. The lowest BCUT2D eigenvalue weighted by atomic mass is 9.43. The molecule has 270 valence electrons. The van der Waals surface area contributed by atoms with Crippen LogP contribution in [0.15, 0.2) is 138 Å². The van der Waals surface area contributed by atoms with Crippen LogP contribution in [0.1, 0.15) is 68.2 Å². The van der Waals surface area contributed by atoms with Crippen LogP contribution >= 0.6 is 0 Å². The van der Waals surface area contributed by atoms with Gasteiger partial charge in [-0.25, -0.2) is 9.97 Å². The average Bonchev–Trinajstić information content (AvgIpc) is 3.83. The van der Waals surface area contributed by atoms with Gasteiger partial charge in [0, 0.05) is 27.3 Å². The highest BCUT2D eigenvalue weighted by Gasteiger charge is 2.61. The second-order valence-corrected chi connectivity index (χ2v) is 18.2. The molecule has 0 atom stereocenters. The van der Waals surface area contributed by atoms with Gasteiger partial charge in [-0.2, -0.15) is 0 Å². The first kappa shape index (κ1) is 31.4. The van der Waals surface area contributed by atoms with Crippen LogP contribution < -0.4 is 0 Å². The molecule has 4 fully saturated rings. The largest absolute Gasteiger partial charge is 0.452 e. The first-order valence-electron chi connectivity index (χ1n) is 20.7. The van der Waals surface area contributed by atoms with Crippen molar-refractivity contribution in [1.82, 2.24) is 9.97 Å². The molecule has 2 heterocycles. The van der Waals surface area contributed by atoms with Gasteiger partial charge in [-0.1, -0.05) is 117 Å². The summed E-state index contributed by atoms with van der Waals surface area (Å²) in [6.07, 6.45) is 6.91. The summed E-state index contributed by atoms with van der Waals surface area (Å²) in [5.41, 5.74) is 19.5. The third-order valence-corrected chi connectivity index (χ3v) is 15.1. The fourth-order valence-corrected chi connectivity index (χ4v) is 12.9. The summed E-state index contributed by atoms with van der Waals surface area (Å²) in [4.78, 5) is 10.6. The Hall–Kier alpha value is -5.80. The lowest BCUT2D eigenvalue weighted by molar-refractivity contribution is -0.0399. The van der Waals surface area contributed by atoms with Gasteiger partial charge in [-0.05, 0) is 142 Å². The summed E-state index contributed by atoms with van der Waals surface area (Å²) in [5, 5.41) is 1.02. The summed E-state index contributed by atoms with van der Waals surface area (Å²) in [5.74, 6) is 3.94. The van der Waals surface area contributed by atoms with Crippen LogP contribution in [0.4, 0.5) is 0 Å². The topological polar surface area (TPSA) is 38.9 Å². The monoisotopic (exact) mass is 722 g/mol. The minimum Gasteiger partial charge on any atom is -0.452 e. The maximum absolute atomic E-state index is 6.47. The molecule has 6 aliphatic rings. The third-order valence-electron chi connectivity index (χ3n) is 15.1. The Morgan fingerprint density at radius 2 is 1.12 bits per heavy atom. The molecule has 14 rings (SSSR count). The van der Waals surface area contributed by atoms with Crippen LogP contribution in [0.25, 0.3) is 78.1 Å². The molecular weight excluding hydrogens is 681 g/mol. The van der Waals surface area contributed by atoms with Crippen molar-refractivity contribution in [2.75, 3.05) is 0 Å². The summed E-state index contributed by atoms with van der Waals surface area (Å²) in [6.45, 7) is 4.76. The molecule has 0 amide bonds. The van der Waals surface area contributed by atoms with Crippen LogP contribution in [0.3, 0.4) is 0 Å². The minimum atomic E-state index is -0.0371. The van der Waals surface area contributed by atoms with Gasteiger partial charge < -0.3 is 4.42 Å². The van der Waals surface area contributed by atoms with Gasteiger partial charge in [0.1, 0.15) is 16.8 Å². The highest BCUT2D eigenvalue weighted by Crippen LogP contribution is 2.69. The van der Waals surface area contributed by atoms with Crippen molar-refractivity contribution in [2.24, 2.45) is 23.7 Å². The summed E-state index contributed by atoms with van der Waals surface area (Å²) in [7, 11) is 0. The molecule has 6 aliphatic carbocycles. The second-order valence-electron chi connectivity index (χ2n) is 18.2. The van der Waals surface area contributed by atoms with E-state index >= 15 is 0 Å². The molecule has 0 aliphatic heterocycles. The maximum atomic E-state index is 6.47. The smallest absolute Gasteiger partial charge is 0.180 e. The first-order valence-corrected chi connectivity index (χ1v) is 20.7. The molecule has 1 spiro atoms. The molecule has 0 N–H and O–H groups in total. The second kappa shape index (κ2) is 10.9. The van der Waals surface area contributed by atoms with Gasteiger partial charge in [0.05, 0.1) is 0 Å². The number of hydrogen-bond donors (Lipinski definition) is 0. The van der Waals surface area contributed by atoms with E-state index in [1.807, 2.05) is 12.1 Å². The number of rotatable bonds is 3. The first-order chi connectivity index (χ1) is 27.4. The maximum Gasteiger partial charge on any atom is 0.180 e. The zero-order chi connectivity index (χ0) is 36.9. The van der Waals surface area contributed by atoms with E-state index in [2.05, 4.69) is 135 Å². The van der Waals surface area contributed by atoms with Crippen molar-refractivity contribution < 1.29 is 4.42 Å². The van der Waals surface area contributed by atoms with Crippen LogP contribution in [0.2, 0.25) is 0 Å². The van der Waals surface area contributed by atoms with Crippen LogP contribution in [0.5, 0.6) is 0 Å². The average molecular weight is 723 g/mol. The molecule has 0 saturated heterocycles. The molecule has 3 heteroatoms. The van der Waals surface area contributed by atoms with E-state index in [9.17, 15) is 0 Å². The van der Waals surface area contributed by atoms with Crippen molar-refractivity contribution in [2.45, 2.75) is 56.8 Å². The van der Waals surface area contributed by atoms with Crippen LogP contribution in [-0.4, -0.2) is 9.97 Å². The quantitative estimate of drug-likeness (QED) is 0.182. The number of aromatic nitrogens is 2. The lowest BCUT2D eigenvalue weighted by Crippen LogP contribution is -2.55. The van der Waals surface area contributed by atoms with E-state index in [1.54, 1.807) is 11.1 Å². The van der Waals surface area contributed by atoms with E-state index in [4.69, 9.17) is 14.4 Å². The SMILES string of the molecule is CC1(C)c2ccccc2-c2ccc(-c3ccc4c(c3)-c3cc(-c5nc(-c6ccccc6)c6oc7ccccc7c6n5)ccc3C43C4CC5CC(C4)CC3C5)cc21. The Morgan fingerprint density at radius 1 is 0.500 bits per heavy atom. The van der Waals surface area contributed by atoms with E-state index in [1.165, 1.54) is 76.6 Å². The molecule has 8 aromatic rings.